The molecule has 0 aliphatic rings. The van der Waals surface area contributed by atoms with Crippen LogP contribution in [-0.2, 0) is 16.1 Å². The maximum absolute atomic E-state index is 12.1. The number of amides is 2. The molecule has 2 amide bonds. The largest absolute Gasteiger partial charge is 0.491 e. The third-order valence-corrected chi connectivity index (χ3v) is 3.66. The summed E-state index contributed by atoms with van der Waals surface area (Å²) in [6.45, 7) is 6.54. The van der Waals surface area contributed by atoms with Crippen LogP contribution >= 0.6 is 0 Å². The Morgan fingerprint density at radius 1 is 0.963 bits per heavy atom. The van der Waals surface area contributed by atoms with Crippen LogP contribution in [0.2, 0.25) is 0 Å². The van der Waals surface area contributed by atoms with Crippen molar-refractivity contribution in [1.82, 2.24) is 5.32 Å². The molecule has 3 N–H and O–H groups in total. The Hall–Kier alpha value is -2.86. The second kappa shape index (κ2) is 10.3. The third kappa shape index (κ3) is 7.50. The van der Waals surface area contributed by atoms with E-state index in [1.807, 2.05) is 38.1 Å². The summed E-state index contributed by atoms with van der Waals surface area (Å²) in [6.07, 6.45) is 0.553. The van der Waals surface area contributed by atoms with E-state index in [0.29, 0.717) is 24.3 Å². The number of anilines is 2. The highest BCUT2D eigenvalue weighted by atomic mass is 16.5. The van der Waals surface area contributed by atoms with E-state index in [0.717, 1.165) is 11.3 Å². The smallest absolute Gasteiger partial charge is 0.238 e. The maximum Gasteiger partial charge on any atom is 0.238 e. The molecule has 0 fully saturated rings. The molecule has 0 aliphatic carbocycles. The van der Waals surface area contributed by atoms with Crippen LogP contribution in [0, 0.1) is 0 Å². The first-order chi connectivity index (χ1) is 13.0. The van der Waals surface area contributed by atoms with Crippen molar-refractivity contribution in [3.05, 3.63) is 54.1 Å². The maximum atomic E-state index is 12.1. The lowest BCUT2D eigenvalue weighted by Crippen LogP contribution is -2.27. The first-order valence-corrected chi connectivity index (χ1v) is 9.12. The van der Waals surface area contributed by atoms with Crippen LogP contribution in [0.5, 0.6) is 5.75 Å². The highest BCUT2D eigenvalue weighted by molar-refractivity contribution is 5.94. The Labute approximate surface area is 160 Å². The summed E-state index contributed by atoms with van der Waals surface area (Å²) in [6, 6.07) is 14.9. The van der Waals surface area contributed by atoms with Crippen molar-refractivity contribution in [2.75, 3.05) is 17.2 Å². The van der Waals surface area contributed by atoms with Crippen molar-refractivity contribution in [2.45, 2.75) is 39.8 Å². The minimum Gasteiger partial charge on any atom is -0.491 e. The van der Waals surface area contributed by atoms with Crippen LogP contribution in [0.4, 0.5) is 11.4 Å². The summed E-state index contributed by atoms with van der Waals surface area (Å²) < 4.78 is 5.61. The monoisotopic (exact) mass is 369 g/mol. The van der Waals surface area contributed by atoms with Crippen molar-refractivity contribution in [3.8, 4) is 5.75 Å². The molecule has 6 nitrogen and oxygen atoms in total. The summed E-state index contributed by atoms with van der Waals surface area (Å²) in [4.78, 5) is 23.5. The minimum absolute atomic E-state index is 0.0649. The highest BCUT2D eigenvalue weighted by Crippen LogP contribution is 2.15. The average molecular weight is 369 g/mol. The van der Waals surface area contributed by atoms with Crippen LogP contribution in [0.15, 0.2) is 48.5 Å². The first kappa shape index (κ1) is 20.5. The second-order valence-electron chi connectivity index (χ2n) is 6.44. The van der Waals surface area contributed by atoms with E-state index < -0.39 is 0 Å². The standard InChI is InChI=1S/C21H27N3O3/c1-4-20(25)23-17-6-5-7-18(12-17)24-21(26)14-22-13-16-8-10-19(11-9-16)27-15(2)3/h5-12,15,22H,4,13-14H2,1-3H3,(H,23,25)(H,24,26). The van der Waals surface area contributed by atoms with Crippen LogP contribution in [0.25, 0.3) is 0 Å². The second-order valence-corrected chi connectivity index (χ2v) is 6.44. The van der Waals surface area contributed by atoms with Gasteiger partial charge in [0.15, 0.2) is 0 Å². The third-order valence-electron chi connectivity index (χ3n) is 3.66. The van der Waals surface area contributed by atoms with Crippen molar-refractivity contribution < 1.29 is 14.3 Å². The van der Waals surface area contributed by atoms with Gasteiger partial charge in [0, 0.05) is 24.3 Å². The van der Waals surface area contributed by atoms with E-state index in [2.05, 4.69) is 16.0 Å². The zero-order chi connectivity index (χ0) is 19.6. The van der Waals surface area contributed by atoms with Gasteiger partial charge >= 0.3 is 0 Å². The molecule has 0 atom stereocenters. The number of hydrogen-bond donors (Lipinski definition) is 3. The van der Waals surface area contributed by atoms with Crippen molar-refractivity contribution >= 4 is 23.2 Å². The SMILES string of the molecule is CCC(=O)Nc1cccc(NC(=O)CNCc2ccc(OC(C)C)cc2)c1. The van der Waals surface area contributed by atoms with E-state index in [-0.39, 0.29) is 24.5 Å². The lowest BCUT2D eigenvalue weighted by Gasteiger charge is -2.11. The molecular formula is C21H27N3O3. The lowest BCUT2D eigenvalue weighted by molar-refractivity contribution is -0.116. The Morgan fingerprint density at radius 2 is 1.59 bits per heavy atom. The summed E-state index contributed by atoms with van der Waals surface area (Å²) in [5, 5.41) is 8.70. The molecule has 27 heavy (non-hydrogen) atoms. The summed E-state index contributed by atoms with van der Waals surface area (Å²) in [7, 11) is 0. The van der Waals surface area contributed by atoms with E-state index >= 15 is 0 Å². The number of hydrogen-bond acceptors (Lipinski definition) is 4. The van der Waals surface area contributed by atoms with Crippen molar-refractivity contribution in [3.63, 3.8) is 0 Å². The fourth-order valence-corrected chi connectivity index (χ4v) is 2.41. The Balaban J connectivity index is 1.77. The first-order valence-electron chi connectivity index (χ1n) is 9.12. The number of ether oxygens (including phenoxy) is 1. The van der Waals surface area contributed by atoms with E-state index in [1.165, 1.54) is 0 Å². The number of carbonyl (C=O) groups is 2. The Morgan fingerprint density at radius 3 is 2.19 bits per heavy atom. The number of benzene rings is 2. The van der Waals surface area contributed by atoms with Gasteiger partial charge in [-0.15, -0.1) is 0 Å². The number of carbonyl (C=O) groups excluding carboxylic acids is 2. The van der Waals surface area contributed by atoms with E-state index in [1.54, 1.807) is 31.2 Å². The van der Waals surface area contributed by atoms with Crippen molar-refractivity contribution in [2.24, 2.45) is 0 Å². The zero-order valence-corrected chi connectivity index (χ0v) is 16.0. The fraction of sp³-hybridized carbons (Fsp3) is 0.333. The molecule has 6 heteroatoms. The molecule has 144 valence electrons. The van der Waals surface area contributed by atoms with Gasteiger partial charge in [-0.05, 0) is 49.7 Å². The molecule has 2 aromatic carbocycles. The summed E-state index contributed by atoms with van der Waals surface area (Å²) in [5.74, 6) is 0.625. The molecule has 0 saturated heterocycles. The molecule has 0 heterocycles. The topological polar surface area (TPSA) is 79.5 Å². The van der Waals surface area contributed by atoms with Crippen LogP contribution < -0.4 is 20.7 Å². The van der Waals surface area contributed by atoms with Gasteiger partial charge in [0.05, 0.1) is 12.6 Å². The highest BCUT2D eigenvalue weighted by Gasteiger charge is 2.05. The lowest BCUT2D eigenvalue weighted by atomic mass is 10.2. The number of nitrogens with one attached hydrogen (secondary N) is 3. The average Bonchev–Trinajstić information content (AvgIpc) is 2.63. The molecule has 0 aliphatic heterocycles. The van der Waals surface area contributed by atoms with Gasteiger partial charge in [-0.25, -0.2) is 0 Å². The minimum atomic E-state index is -0.145. The number of rotatable bonds is 9. The fourth-order valence-electron chi connectivity index (χ4n) is 2.41. The molecule has 2 aromatic rings. The molecule has 2 rings (SSSR count). The molecule has 0 aromatic heterocycles. The quantitative estimate of drug-likeness (QED) is 0.631. The van der Waals surface area contributed by atoms with Gasteiger partial charge in [0.25, 0.3) is 0 Å². The molecule has 0 radical (unpaired) electrons. The van der Waals surface area contributed by atoms with E-state index in [4.69, 9.17) is 4.74 Å². The van der Waals surface area contributed by atoms with Gasteiger partial charge in [0.2, 0.25) is 11.8 Å². The molecular weight excluding hydrogens is 342 g/mol. The van der Waals surface area contributed by atoms with Gasteiger partial charge in [0.1, 0.15) is 5.75 Å². The molecule has 0 saturated carbocycles. The van der Waals surface area contributed by atoms with Crippen LogP contribution in [0.1, 0.15) is 32.8 Å². The molecule has 0 bridgehead atoms. The van der Waals surface area contributed by atoms with Crippen LogP contribution in [-0.4, -0.2) is 24.5 Å². The summed E-state index contributed by atoms with van der Waals surface area (Å²) >= 11 is 0. The Bertz CT molecular complexity index is 758. The van der Waals surface area contributed by atoms with Crippen molar-refractivity contribution in [1.29, 1.82) is 0 Å². The van der Waals surface area contributed by atoms with E-state index in [9.17, 15) is 9.59 Å². The van der Waals surface area contributed by atoms with Gasteiger partial charge in [-0.3, -0.25) is 9.59 Å². The molecule has 0 unspecified atom stereocenters. The van der Waals surface area contributed by atoms with Gasteiger partial charge < -0.3 is 20.7 Å². The van der Waals surface area contributed by atoms with Crippen LogP contribution in [0.3, 0.4) is 0 Å². The Kier molecular flexibility index (Phi) is 7.82. The summed E-state index contributed by atoms with van der Waals surface area (Å²) in [5.41, 5.74) is 2.38. The zero-order valence-electron chi connectivity index (χ0n) is 16.0. The normalized spacial score (nSPS) is 10.5. The molecule has 0 spiro atoms. The van der Waals surface area contributed by atoms with Gasteiger partial charge in [-0.1, -0.05) is 25.1 Å². The predicted octanol–water partition coefficient (Wildman–Crippen LogP) is 3.55. The predicted molar refractivity (Wildman–Crippen MR) is 108 cm³/mol. The van der Waals surface area contributed by atoms with Gasteiger partial charge in [-0.2, -0.15) is 0 Å².